The van der Waals surface area contributed by atoms with Crippen LogP contribution in [-0.4, -0.2) is 44.1 Å². The fourth-order valence-corrected chi connectivity index (χ4v) is 2.49. The van der Waals surface area contributed by atoms with Gasteiger partial charge in [0.25, 0.3) is 0 Å². The van der Waals surface area contributed by atoms with Gasteiger partial charge in [-0.05, 0) is 18.1 Å². The van der Waals surface area contributed by atoms with Crippen molar-refractivity contribution in [3.05, 3.63) is 46.8 Å². The molecule has 8 nitrogen and oxygen atoms in total. The Morgan fingerprint density at radius 1 is 1.38 bits per heavy atom. The minimum atomic E-state index is -0.759. The zero-order chi connectivity index (χ0) is 17.7. The molecule has 0 aliphatic carbocycles. The number of anilines is 1. The summed E-state index contributed by atoms with van der Waals surface area (Å²) in [6, 6.07) is 6.86. The number of rotatable bonds is 8. The van der Waals surface area contributed by atoms with Crippen molar-refractivity contribution in [3.8, 4) is 5.75 Å². The fourth-order valence-electron chi connectivity index (χ4n) is 2.49. The lowest BCUT2D eigenvalue weighted by Crippen LogP contribution is -2.37. The molecular formula is C16H22N4O4. The Balaban J connectivity index is 2.06. The quantitative estimate of drug-likeness (QED) is 0.565. The third-order valence-corrected chi connectivity index (χ3v) is 3.44. The Bertz CT molecular complexity index is 686. The van der Waals surface area contributed by atoms with E-state index in [9.17, 15) is 20.3 Å². The van der Waals surface area contributed by atoms with Gasteiger partial charge >= 0.3 is 5.69 Å². The lowest BCUT2D eigenvalue weighted by Gasteiger charge is -2.29. The van der Waals surface area contributed by atoms with E-state index in [4.69, 9.17) is 0 Å². The fraction of sp³-hybridized carbons (Fsp3) is 0.438. The summed E-state index contributed by atoms with van der Waals surface area (Å²) >= 11 is 0. The second-order valence-electron chi connectivity index (χ2n) is 6.15. The first-order chi connectivity index (χ1) is 11.3. The minimum absolute atomic E-state index is 0.103. The van der Waals surface area contributed by atoms with E-state index < -0.39 is 11.0 Å². The molecule has 8 heteroatoms. The maximum absolute atomic E-state index is 10.7. The topological polar surface area (TPSA) is 105 Å². The second-order valence-corrected chi connectivity index (χ2v) is 6.15. The predicted octanol–water partition coefficient (Wildman–Crippen LogP) is 2.02. The molecule has 1 aromatic heterocycles. The molecule has 0 saturated heterocycles. The van der Waals surface area contributed by atoms with Crippen LogP contribution in [0.4, 0.5) is 11.4 Å². The van der Waals surface area contributed by atoms with Crippen molar-refractivity contribution in [1.29, 1.82) is 0 Å². The molecule has 0 saturated carbocycles. The second kappa shape index (κ2) is 7.78. The van der Waals surface area contributed by atoms with Crippen molar-refractivity contribution in [2.24, 2.45) is 5.92 Å². The van der Waals surface area contributed by atoms with Crippen molar-refractivity contribution in [2.45, 2.75) is 26.5 Å². The van der Waals surface area contributed by atoms with Crippen LogP contribution in [0.15, 0.2) is 36.7 Å². The number of aliphatic hydroxyl groups excluding tert-OH is 1. The summed E-state index contributed by atoms with van der Waals surface area (Å²) in [6.45, 7) is 5.33. The van der Waals surface area contributed by atoms with Crippen LogP contribution in [-0.2, 0) is 6.54 Å². The molecule has 0 fully saturated rings. The Morgan fingerprint density at radius 2 is 2.12 bits per heavy atom. The molecule has 2 rings (SSSR count). The van der Waals surface area contributed by atoms with Gasteiger partial charge in [0.2, 0.25) is 0 Å². The van der Waals surface area contributed by atoms with Crippen LogP contribution in [0.2, 0.25) is 0 Å². The summed E-state index contributed by atoms with van der Waals surface area (Å²) < 4.78 is 1.36. The SMILES string of the molecule is CC(C)CN(CC(O)Cn1cc([N+](=O)[O-])cn1)c1cccc(O)c1. The van der Waals surface area contributed by atoms with Crippen LogP contribution in [0, 0.1) is 16.0 Å². The van der Waals surface area contributed by atoms with Gasteiger partial charge in [-0.25, -0.2) is 0 Å². The Morgan fingerprint density at radius 3 is 2.71 bits per heavy atom. The standard InChI is InChI=1S/C16H22N4O4/c1-12(2)8-18(13-4-3-5-15(21)6-13)10-16(22)11-19-9-14(7-17-19)20(23)24/h3-7,9,12,16,21-22H,8,10-11H2,1-2H3. The molecule has 2 N–H and O–H groups in total. The van der Waals surface area contributed by atoms with Crippen molar-refractivity contribution >= 4 is 11.4 Å². The van der Waals surface area contributed by atoms with Crippen LogP contribution < -0.4 is 4.90 Å². The summed E-state index contributed by atoms with van der Waals surface area (Å²) in [5.74, 6) is 0.531. The van der Waals surface area contributed by atoms with E-state index in [2.05, 4.69) is 18.9 Å². The predicted molar refractivity (Wildman–Crippen MR) is 90.0 cm³/mol. The van der Waals surface area contributed by atoms with E-state index in [0.717, 1.165) is 11.9 Å². The number of hydrogen-bond acceptors (Lipinski definition) is 6. The highest BCUT2D eigenvalue weighted by Crippen LogP contribution is 2.21. The Hall–Kier alpha value is -2.61. The summed E-state index contributed by atoms with van der Waals surface area (Å²) in [6.07, 6.45) is 1.70. The van der Waals surface area contributed by atoms with Gasteiger partial charge in [-0.15, -0.1) is 0 Å². The number of nitrogens with zero attached hydrogens (tertiary/aromatic N) is 4. The molecule has 0 spiro atoms. The van der Waals surface area contributed by atoms with Gasteiger partial charge in [-0.2, -0.15) is 5.10 Å². The van der Waals surface area contributed by atoms with E-state index >= 15 is 0 Å². The summed E-state index contributed by atoms with van der Waals surface area (Å²) in [5.41, 5.74) is 0.711. The van der Waals surface area contributed by atoms with Gasteiger partial charge in [0.1, 0.15) is 18.1 Å². The first-order valence-electron chi connectivity index (χ1n) is 7.74. The summed E-state index contributed by atoms with van der Waals surface area (Å²) in [7, 11) is 0. The van der Waals surface area contributed by atoms with Gasteiger partial charge in [0.05, 0.1) is 17.6 Å². The Labute approximate surface area is 140 Å². The Kier molecular flexibility index (Phi) is 5.75. The molecule has 1 heterocycles. The lowest BCUT2D eigenvalue weighted by atomic mass is 10.1. The van der Waals surface area contributed by atoms with Crippen LogP contribution in [0.5, 0.6) is 5.75 Å². The van der Waals surface area contributed by atoms with Crippen LogP contribution in [0.25, 0.3) is 0 Å². The molecular weight excluding hydrogens is 312 g/mol. The number of aromatic hydroxyl groups is 1. The third kappa shape index (κ3) is 4.95. The first kappa shape index (κ1) is 17.7. The van der Waals surface area contributed by atoms with Gasteiger partial charge in [0.15, 0.2) is 0 Å². The summed E-state index contributed by atoms with van der Waals surface area (Å²) in [4.78, 5) is 12.1. The van der Waals surface area contributed by atoms with E-state index in [-0.39, 0.29) is 18.0 Å². The van der Waals surface area contributed by atoms with Crippen molar-refractivity contribution < 1.29 is 15.1 Å². The highest BCUT2D eigenvalue weighted by molar-refractivity contribution is 5.50. The molecule has 0 aliphatic rings. The van der Waals surface area contributed by atoms with Gasteiger partial charge in [-0.3, -0.25) is 14.8 Å². The van der Waals surface area contributed by atoms with E-state index in [0.29, 0.717) is 19.0 Å². The van der Waals surface area contributed by atoms with Crippen LogP contribution in [0.3, 0.4) is 0 Å². The first-order valence-corrected chi connectivity index (χ1v) is 7.74. The van der Waals surface area contributed by atoms with Crippen molar-refractivity contribution in [1.82, 2.24) is 9.78 Å². The largest absolute Gasteiger partial charge is 0.508 e. The average Bonchev–Trinajstić information content (AvgIpc) is 2.94. The van der Waals surface area contributed by atoms with Crippen LogP contribution in [0.1, 0.15) is 13.8 Å². The molecule has 1 atom stereocenters. The van der Waals surface area contributed by atoms with E-state index in [1.807, 2.05) is 11.0 Å². The highest BCUT2D eigenvalue weighted by Gasteiger charge is 2.17. The summed E-state index contributed by atoms with van der Waals surface area (Å²) in [5, 5.41) is 34.5. The molecule has 0 amide bonds. The van der Waals surface area contributed by atoms with Crippen molar-refractivity contribution in [2.75, 3.05) is 18.0 Å². The normalized spacial score (nSPS) is 12.3. The lowest BCUT2D eigenvalue weighted by molar-refractivity contribution is -0.385. The molecule has 0 radical (unpaired) electrons. The van der Waals surface area contributed by atoms with E-state index in [1.165, 1.54) is 10.9 Å². The smallest absolute Gasteiger partial charge is 0.306 e. The van der Waals surface area contributed by atoms with E-state index in [1.54, 1.807) is 18.2 Å². The number of nitro groups is 1. The third-order valence-electron chi connectivity index (χ3n) is 3.44. The maximum atomic E-state index is 10.7. The highest BCUT2D eigenvalue weighted by atomic mass is 16.6. The van der Waals surface area contributed by atoms with Gasteiger partial charge < -0.3 is 15.1 Å². The number of phenols is 1. The van der Waals surface area contributed by atoms with Crippen LogP contribution >= 0.6 is 0 Å². The molecule has 1 aromatic carbocycles. The number of phenolic OH excluding ortho intramolecular Hbond substituents is 1. The zero-order valence-electron chi connectivity index (χ0n) is 13.7. The number of benzene rings is 1. The van der Waals surface area contributed by atoms with Gasteiger partial charge in [-0.1, -0.05) is 19.9 Å². The number of aromatic nitrogens is 2. The zero-order valence-corrected chi connectivity index (χ0v) is 13.7. The average molecular weight is 334 g/mol. The maximum Gasteiger partial charge on any atom is 0.306 e. The minimum Gasteiger partial charge on any atom is -0.508 e. The molecule has 1 unspecified atom stereocenters. The molecule has 24 heavy (non-hydrogen) atoms. The molecule has 130 valence electrons. The van der Waals surface area contributed by atoms with Crippen molar-refractivity contribution in [3.63, 3.8) is 0 Å². The monoisotopic (exact) mass is 334 g/mol. The van der Waals surface area contributed by atoms with Gasteiger partial charge in [0, 0.05) is 24.8 Å². The number of hydrogen-bond donors (Lipinski definition) is 2. The number of aliphatic hydroxyl groups is 1. The molecule has 0 aliphatic heterocycles. The molecule has 0 bridgehead atoms. The molecule has 2 aromatic rings.